The number of alkyl carbamates (subject to hydrolysis) is 2. The smallest absolute Gasteiger partial charge is 0.407 e. The Labute approximate surface area is 866 Å². The first-order chi connectivity index (χ1) is 68.5. The van der Waals surface area contributed by atoms with Crippen LogP contribution in [0.3, 0.4) is 0 Å². The monoisotopic (exact) mass is 2100 g/mol. The summed E-state index contributed by atoms with van der Waals surface area (Å²) in [5.41, 5.74) is 14.1. The van der Waals surface area contributed by atoms with E-state index in [1.807, 2.05) is 48.5 Å². The maximum atomic E-state index is 12.2. The second kappa shape index (κ2) is 93.4. The molecule has 3 rings (SSSR count). The molecule has 3 heterocycles. The molecule has 0 aromatic heterocycles. The Kier molecular flexibility index (Phi) is 95.2. The van der Waals surface area contributed by atoms with Crippen LogP contribution in [0.15, 0.2) is 132 Å². The number of esters is 10. The first kappa shape index (κ1) is 150. The molecule has 0 aromatic carbocycles. The van der Waals surface area contributed by atoms with Crippen LogP contribution in [0.25, 0.3) is 0 Å². The minimum Gasteiger partial charge on any atom is -0.460 e. The van der Waals surface area contributed by atoms with Crippen LogP contribution in [0.1, 0.15) is 249 Å². The molecule has 840 valence electrons. The van der Waals surface area contributed by atoms with Crippen LogP contribution in [0.5, 0.6) is 0 Å². The van der Waals surface area contributed by atoms with E-state index in [0.29, 0.717) is 86.0 Å². The summed E-state index contributed by atoms with van der Waals surface area (Å²) in [5.74, 6) is -5.47. The third kappa shape index (κ3) is 99.4. The molecule has 0 aromatic rings. The number of aliphatic hydroxyl groups excluding tert-OH is 7. The summed E-state index contributed by atoms with van der Waals surface area (Å²) in [6.45, 7) is 67.2. The molecule has 3 aliphatic rings. The van der Waals surface area contributed by atoms with Gasteiger partial charge in [0.15, 0.2) is 0 Å². The van der Waals surface area contributed by atoms with Gasteiger partial charge in [-0.25, -0.2) is 81.9 Å². The zero-order valence-electron chi connectivity index (χ0n) is 90.3. The number of rotatable bonds is 54. The van der Waals surface area contributed by atoms with E-state index >= 15 is 0 Å². The van der Waals surface area contributed by atoms with Crippen LogP contribution in [0.4, 0.5) is 14.4 Å². The third-order valence-corrected chi connectivity index (χ3v) is 18.0. The summed E-state index contributed by atoms with van der Waals surface area (Å²) in [7, 11) is 0. The summed E-state index contributed by atoms with van der Waals surface area (Å²) in [4.78, 5) is 193. The molecule has 0 spiro atoms. The van der Waals surface area contributed by atoms with E-state index in [9.17, 15) is 96.8 Å². The van der Waals surface area contributed by atoms with Crippen LogP contribution < -0.4 is 32.7 Å². The second-order valence-corrected chi connectivity index (χ2v) is 33.8. The summed E-state index contributed by atoms with van der Waals surface area (Å²) in [5, 5.41) is 74.7. The molecule has 0 aliphatic carbocycles. The number of amides is 6. The Bertz CT molecular complexity index is 4070. The fourth-order valence-electron chi connectivity index (χ4n) is 9.56. The van der Waals surface area contributed by atoms with Gasteiger partial charge in [-0.3, -0.25) is 14.5 Å². The molecular formula is C102H171N9O36. The Morgan fingerprint density at radius 3 is 0.973 bits per heavy atom. The molecule has 1 fully saturated rings. The number of aliphatic imine (C=N–C) groups is 2. The van der Waals surface area contributed by atoms with Gasteiger partial charge in [-0.05, 0) is 174 Å². The van der Waals surface area contributed by atoms with Crippen molar-refractivity contribution in [2.45, 2.75) is 346 Å². The Morgan fingerprint density at radius 2 is 0.701 bits per heavy atom. The lowest BCUT2D eigenvalue weighted by Crippen LogP contribution is -2.46. The maximum Gasteiger partial charge on any atom is 0.407 e. The number of epoxide rings is 1. The SMILES string of the molecule is C=C(C)C(=O)OC(CC)CC(C)O.C=C(C)C(=O)OCC1CO1.C=C(C)C(=O)OCCN=C=O.C=C(C)C(=O)OCCN=C=O.C=C(C)C(=O)OCCNC(=O)NC(CC(N)CC)CC(O)CC(C)OC(=O)NCCOC(=O)C(=C)C.C=C(C)C(=O)OCCNC(=O)OC(C)CC(O)CC(CC)OC(=O)C(=C)C.CCC(C)O.CCC(C)O.CCC(CC(C)O)N1C(=O)C=CC1=O.CCC(N)CC(C)O.O=C1C=CC(=O)O1. The van der Waals surface area contributed by atoms with Crippen LogP contribution in [-0.4, -0.2) is 319 Å². The van der Waals surface area contributed by atoms with Crippen LogP contribution in [0.2, 0.25) is 0 Å². The first-order valence-corrected chi connectivity index (χ1v) is 48.1. The van der Waals surface area contributed by atoms with Gasteiger partial charge in [0.2, 0.25) is 12.2 Å². The summed E-state index contributed by atoms with van der Waals surface area (Å²) in [6.07, 6.45) is 9.35. The molecule has 45 heteroatoms. The molecular weight excluding hydrogens is 1930 g/mol. The fourth-order valence-corrected chi connectivity index (χ4v) is 9.56. The molecule has 1 saturated heterocycles. The summed E-state index contributed by atoms with van der Waals surface area (Å²) in [6, 6.07) is -1.12. The van der Waals surface area contributed by atoms with Gasteiger partial charge in [0.25, 0.3) is 11.8 Å². The van der Waals surface area contributed by atoms with Crippen molar-refractivity contribution in [2.75, 3.05) is 79.0 Å². The highest BCUT2D eigenvalue weighted by atomic mass is 16.6. The highest BCUT2D eigenvalue weighted by molar-refractivity contribution is 6.13. The Hall–Kier alpha value is -12.4. The number of nitrogens with zero attached hydrogens (tertiary/aromatic N) is 3. The van der Waals surface area contributed by atoms with Crippen molar-refractivity contribution in [2.24, 2.45) is 21.5 Å². The molecule has 3 aliphatic heterocycles. The molecule has 0 saturated carbocycles. The first-order valence-electron chi connectivity index (χ1n) is 48.1. The molecule has 6 amide bonds. The Morgan fingerprint density at radius 1 is 0.395 bits per heavy atom. The maximum absolute atomic E-state index is 12.2. The van der Waals surface area contributed by atoms with Crippen LogP contribution >= 0.6 is 0 Å². The number of ether oxygens (including phenoxy) is 12. The van der Waals surface area contributed by atoms with E-state index < -0.39 is 115 Å². The molecule has 147 heavy (non-hydrogen) atoms. The van der Waals surface area contributed by atoms with Crippen molar-refractivity contribution in [3.05, 3.63) is 122 Å². The molecule has 0 bridgehead atoms. The Balaban J connectivity index is -0.000000256. The van der Waals surface area contributed by atoms with Gasteiger partial charge in [-0.1, -0.05) is 101 Å². The van der Waals surface area contributed by atoms with Crippen LogP contribution in [0, 0.1) is 0 Å². The molecule has 15 N–H and O–H groups in total. The number of hydrogen-bond donors (Lipinski definition) is 13. The number of nitrogens with two attached hydrogens (primary N) is 2. The number of imide groups is 1. The number of nitrogens with one attached hydrogen (secondary N) is 4. The lowest BCUT2D eigenvalue weighted by Gasteiger charge is -2.25. The van der Waals surface area contributed by atoms with Crippen LogP contribution in [-0.2, 0) is 124 Å². The van der Waals surface area contributed by atoms with E-state index in [1.165, 1.54) is 50.0 Å². The van der Waals surface area contributed by atoms with Gasteiger partial charge in [0, 0.05) is 119 Å². The standard InChI is InChI=1S/C24H42N4O8.C19H31NO7.C10H15NO3.C10H18O3.2C7H9NO3.C7H10O3.C6H15NO.C4H2O3.2C4H10O/c1-7-18(25)13-19(28-23(32)26-8-10-34-21(30)15(2)3)14-20(29)12-17(6)36-24(33)27-9-11-35-22(31)16(4)5;1-7-16(27-18(23)13(4)5)11-15(21)10-14(6)26-19(24)20-8-9-25-17(22)12(2)3;1-3-8(6-7(2)12)11-9(13)4-5-10(11)14;1-5-9(6-8(4)11)13-10(12)7(2)3;2*1-6(2)7(10)11-4-3-8-5-9;1-5(2)7(8)10-4-6-3-9-6;1-3-6(7)4-5(2)8;5-3-1-2-4(6)7-3;2*1-3-4(2)5/h17-20,29H,2,4,7-14,25H2,1,3,5-6H3,(H,27,33)(H2,26,28,32);14-16,21H,2,4,7-11H2,1,3,5-6H3,(H,20,24);4-5,7-8,12H,3,6H2,1-2H3;8-9,11H,2,5-6H2,1,3-4H3;2*1,3-4H2,2H3;6H,1,3-4H2,2H3;5-6,8H,3-4,7H2,1-2H3;1-2H;2*4-5H,3H2,1-2H3. The topological polar surface area (TPSA) is 674 Å². The minimum absolute atomic E-state index is 0.00403. The number of isocyanates is 2. The highest BCUT2D eigenvalue weighted by Crippen LogP contribution is 2.19. The number of aliphatic hydroxyl groups is 7. The fraction of sp³-hybridized carbons (Fsp3) is 0.637. The second-order valence-electron chi connectivity index (χ2n) is 33.8. The summed E-state index contributed by atoms with van der Waals surface area (Å²) >= 11 is 0. The van der Waals surface area contributed by atoms with Gasteiger partial charge >= 0.3 is 77.9 Å². The van der Waals surface area contributed by atoms with Crippen molar-refractivity contribution < 1.29 is 174 Å². The number of carbonyl (C=O) groups excluding carboxylic acids is 17. The molecule has 45 nitrogen and oxygen atoms in total. The minimum atomic E-state index is -0.879. The number of hydrogen-bond acceptors (Lipinski definition) is 40. The van der Waals surface area contributed by atoms with E-state index in [4.69, 9.17) is 74.5 Å². The lowest BCUT2D eigenvalue weighted by atomic mass is 9.98. The van der Waals surface area contributed by atoms with Gasteiger partial charge in [-0.15, -0.1) is 0 Å². The zero-order valence-corrected chi connectivity index (χ0v) is 90.3. The molecule has 0 radical (unpaired) electrons. The van der Waals surface area contributed by atoms with E-state index in [2.05, 4.69) is 98.1 Å². The quantitative estimate of drug-likeness (QED) is 0.00311. The van der Waals surface area contributed by atoms with Gasteiger partial charge in [-0.2, -0.15) is 0 Å². The largest absolute Gasteiger partial charge is 0.460 e. The predicted octanol–water partition coefficient (Wildman–Crippen LogP) is 8.71. The van der Waals surface area contributed by atoms with Gasteiger partial charge < -0.3 is 125 Å². The predicted molar refractivity (Wildman–Crippen MR) is 548 cm³/mol. The van der Waals surface area contributed by atoms with Crippen molar-refractivity contribution in [3.8, 4) is 0 Å². The van der Waals surface area contributed by atoms with Gasteiger partial charge in [0.1, 0.15) is 70.2 Å². The highest BCUT2D eigenvalue weighted by Gasteiger charge is 2.32. The van der Waals surface area contributed by atoms with E-state index in [1.54, 1.807) is 83.1 Å². The van der Waals surface area contributed by atoms with E-state index in [0.717, 1.165) is 37.8 Å². The number of cyclic esters (lactones) is 2. The average molecular weight is 2100 g/mol. The average Bonchev–Trinajstić information content (AvgIpc) is 1.70. The third-order valence-electron chi connectivity index (χ3n) is 18.0. The van der Waals surface area contributed by atoms with Crippen molar-refractivity contribution in [1.82, 2.24) is 26.2 Å². The summed E-state index contributed by atoms with van der Waals surface area (Å²) < 4.78 is 58.0. The van der Waals surface area contributed by atoms with Crippen molar-refractivity contribution in [1.29, 1.82) is 0 Å². The number of urea groups is 1. The van der Waals surface area contributed by atoms with Crippen molar-refractivity contribution >= 4 is 102 Å². The normalized spacial score (nSPS) is 14.7. The lowest BCUT2D eigenvalue weighted by molar-refractivity contribution is -0.151. The molecule has 16 unspecified atom stereocenters. The zero-order chi connectivity index (χ0) is 115. The van der Waals surface area contributed by atoms with E-state index in [-0.39, 0.29) is 181 Å². The van der Waals surface area contributed by atoms with Crippen molar-refractivity contribution in [3.63, 3.8) is 0 Å². The molecule has 16 atom stereocenters. The number of carbonyl (C=O) groups is 15. The van der Waals surface area contributed by atoms with Gasteiger partial charge in [0.05, 0.1) is 82.1 Å².